The first-order valence-electron chi connectivity index (χ1n) is 5.48. The highest BCUT2D eigenvalue weighted by atomic mass is 35.5. The largest absolute Gasteiger partial charge is 0.424 e. The minimum absolute atomic E-state index is 0.279. The molecule has 1 aliphatic heterocycles. The Morgan fingerprint density at radius 2 is 2.00 bits per heavy atom. The molecule has 0 saturated heterocycles. The van der Waals surface area contributed by atoms with Gasteiger partial charge < -0.3 is 4.42 Å². The molecule has 5 nitrogen and oxygen atoms in total. The first-order chi connectivity index (χ1) is 9.13. The summed E-state index contributed by atoms with van der Waals surface area (Å²) in [4.78, 5) is 15.9. The quantitative estimate of drug-likeness (QED) is 0.851. The van der Waals surface area contributed by atoms with Gasteiger partial charge in [-0.25, -0.2) is 4.99 Å². The van der Waals surface area contributed by atoms with Crippen LogP contribution >= 0.6 is 23.4 Å². The van der Waals surface area contributed by atoms with Gasteiger partial charge in [-0.1, -0.05) is 35.5 Å². The van der Waals surface area contributed by atoms with Crippen LogP contribution in [0.5, 0.6) is 0 Å². The van der Waals surface area contributed by atoms with Crippen molar-refractivity contribution in [1.29, 1.82) is 0 Å². The van der Waals surface area contributed by atoms with Gasteiger partial charge in [0, 0.05) is 17.5 Å². The van der Waals surface area contributed by atoms with Crippen LogP contribution in [0.25, 0.3) is 0 Å². The minimum atomic E-state index is -0.549. The van der Waals surface area contributed by atoms with Crippen molar-refractivity contribution in [2.75, 3.05) is 0 Å². The molecule has 1 aromatic carbocycles. The lowest BCUT2D eigenvalue weighted by atomic mass is 10.2. The summed E-state index contributed by atoms with van der Waals surface area (Å²) >= 11 is 7.13. The van der Waals surface area contributed by atoms with Gasteiger partial charge >= 0.3 is 0 Å². The molecular formula is C12H8ClN3O2S. The summed E-state index contributed by atoms with van der Waals surface area (Å²) in [5.41, 5.74) is 0.849. The van der Waals surface area contributed by atoms with Crippen LogP contribution < -0.4 is 0 Å². The Bertz CT molecular complexity index is 666. The minimum Gasteiger partial charge on any atom is -0.424 e. The molecule has 0 saturated carbocycles. The fraction of sp³-hybridized carbons (Fsp3) is 0.167. The Hall–Kier alpha value is -1.66. The van der Waals surface area contributed by atoms with E-state index in [1.54, 1.807) is 19.1 Å². The summed E-state index contributed by atoms with van der Waals surface area (Å²) in [6.45, 7) is 1.68. The molecule has 0 spiro atoms. The number of aromatic nitrogens is 2. The molecule has 1 aliphatic rings. The summed E-state index contributed by atoms with van der Waals surface area (Å²) in [5, 5.41) is 8.33. The number of halogens is 1. The predicted octanol–water partition coefficient (Wildman–Crippen LogP) is 2.79. The van der Waals surface area contributed by atoms with Crippen molar-refractivity contribution < 1.29 is 9.21 Å². The topological polar surface area (TPSA) is 68.3 Å². The van der Waals surface area contributed by atoms with Gasteiger partial charge in [0.15, 0.2) is 5.25 Å². The Balaban J connectivity index is 1.86. The average Bonchev–Trinajstić information content (AvgIpc) is 2.96. The molecule has 0 aliphatic carbocycles. The lowest BCUT2D eigenvalue weighted by molar-refractivity contribution is -0.117. The number of hydrogen-bond acceptors (Lipinski definition) is 5. The molecule has 19 heavy (non-hydrogen) atoms. The van der Waals surface area contributed by atoms with Crippen molar-refractivity contribution in [3.05, 3.63) is 46.6 Å². The van der Waals surface area contributed by atoms with E-state index in [9.17, 15) is 4.79 Å². The first-order valence-corrected chi connectivity index (χ1v) is 6.74. The van der Waals surface area contributed by atoms with Crippen molar-refractivity contribution in [2.45, 2.75) is 12.2 Å². The van der Waals surface area contributed by atoms with Crippen molar-refractivity contribution in [3.8, 4) is 0 Å². The number of rotatable bonds is 2. The average molecular weight is 294 g/mol. The fourth-order valence-corrected chi connectivity index (χ4v) is 2.76. The van der Waals surface area contributed by atoms with Gasteiger partial charge in [-0.3, -0.25) is 4.79 Å². The van der Waals surface area contributed by atoms with Crippen molar-refractivity contribution in [1.82, 2.24) is 10.2 Å². The fourth-order valence-electron chi connectivity index (χ4n) is 1.65. The smallest absolute Gasteiger partial charge is 0.269 e. The molecule has 96 valence electrons. The molecule has 0 N–H and O–H groups in total. The van der Waals surface area contributed by atoms with Gasteiger partial charge in [0.25, 0.3) is 5.91 Å². The summed E-state index contributed by atoms with van der Waals surface area (Å²) < 4.78 is 5.28. The highest BCUT2D eigenvalue weighted by Crippen LogP contribution is 2.37. The van der Waals surface area contributed by atoms with E-state index < -0.39 is 5.25 Å². The lowest BCUT2D eigenvalue weighted by Gasteiger charge is -2.01. The molecule has 2 heterocycles. The highest BCUT2D eigenvalue weighted by molar-refractivity contribution is 8.15. The molecule has 1 unspecified atom stereocenters. The van der Waals surface area contributed by atoms with Crippen molar-refractivity contribution in [2.24, 2.45) is 4.99 Å². The van der Waals surface area contributed by atoms with E-state index in [0.29, 0.717) is 21.8 Å². The third-order valence-corrected chi connectivity index (χ3v) is 3.96. The molecule has 7 heteroatoms. The van der Waals surface area contributed by atoms with Crippen LogP contribution in [0.4, 0.5) is 0 Å². The summed E-state index contributed by atoms with van der Waals surface area (Å²) in [6, 6.07) is 7.16. The molecule has 0 bridgehead atoms. The Kier molecular flexibility index (Phi) is 3.12. The summed E-state index contributed by atoms with van der Waals surface area (Å²) in [6.07, 6.45) is 0. The van der Waals surface area contributed by atoms with E-state index in [2.05, 4.69) is 15.2 Å². The zero-order chi connectivity index (χ0) is 13.4. The lowest BCUT2D eigenvalue weighted by Crippen LogP contribution is -2.01. The first kappa shape index (κ1) is 12.4. The maximum Gasteiger partial charge on any atom is 0.269 e. The highest BCUT2D eigenvalue weighted by Gasteiger charge is 2.34. The number of amides is 1. The van der Waals surface area contributed by atoms with Crippen molar-refractivity contribution >= 4 is 34.3 Å². The number of aliphatic imine (C=N–C) groups is 1. The molecule has 3 rings (SSSR count). The zero-order valence-electron chi connectivity index (χ0n) is 9.83. The maximum atomic E-state index is 11.9. The van der Waals surface area contributed by atoms with E-state index in [4.69, 9.17) is 16.0 Å². The molecule has 2 aromatic rings. The van der Waals surface area contributed by atoms with Crippen LogP contribution in [0.15, 0.2) is 33.7 Å². The molecule has 1 amide bonds. The van der Waals surface area contributed by atoms with E-state index in [1.165, 1.54) is 11.8 Å². The predicted molar refractivity (Wildman–Crippen MR) is 72.4 cm³/mol. The molecule has 1 atom stereocenters. The van der Waals surface area contributed by atoms with Gasteiger partial charge in [0.05, 0.1) is 0 Å². The number of hydrogen-bond donors (Lipinski definition) is 0. The number of carbonyl (C=O) groups excluding carboxylic acids is 1. The van der Waals surface area contributed by atoms with Crippen LogP contribution in [0.2, 0.25) is 5.02 Å². The van der Waals surface area contributed by atoms with Crippen LogP contribution in [0, 0.1) is 6.92 Å². The third kappa shape index (κ3) is 2.41. The van der Waals surface area contributed by atoms with E-state index >= 15 is 0 Å². The normalized spacial score (nSPS) is 18.7. The third-order valence-electron chi connectivity index (χ3n) is 2.52. The Morgan fingerprint density at radius 3 is 2.63 bits per heavy atom. The Labute approximate surface area is 118 Å². The van der Waals surface area contributed by atoms with Crippen molar-refractivity contribution in [3.63, 3.8) is 0 Å². The second-order valence-electron chi connectivity index (χ2n) is 3.92. The monoisotopic (exact) mass is 293 g/mol. The number of nitrogens with zero attached hydrogens (tertiary/aromatic N) is 3. The zero-order valence-corrected chi connectivity index (χ0v) is 11.4. The maximum absolute atomic E-state index is 11.9. The number of carbonyl (C=O) groups is 1. The van der Waals surface area contributed by atoms with Gasteiger partial charge in [-0.15, -0.1) is 10.2 Å². The second-order valence-corrected chi connectivity index (χ2v) is 5.45. The number of benzene rings is 1. The Morgan fingerprint density at radius 1 is 1.26 bits per heavy atom. The van der Waals surface area contributed by atoms with E-state index in [-0.39, 0.29) is 5.91 Å². The van der Waals surface area contributed by atoms with Crippen LogP contribution in [0.3, 0.4) is 0 Å². The van der Waals surface area contributed by atoms with E-state index in [0.717, 1.165) is 5.56 Å². The van der Waals surface area contributed by atoms with Crippen LogP contribution in [0.1, 0.15) is 22.6 Å². The van der Waals surface area contributed by atoms with E-state index in [1.807, 2.05) is 12.1 Å². The SMILES string of the molecule is Cc1nnc(C2SC(c3ccc(Cl)cc3)=NC2=O)o1. The molecule has 0 radical (unpaired) electrons. The number of aryl methyl sites for hydroxylation is 1. The molecule has 0 fully saturated rings. The van der Waals surface area contributed by atoms with Gasteiger partial charge in [-0.05, 0) is 12.1 Å². The molecular weight excluding hydrogens is 286 g/mol. The van der Waals surface area contributed by atoms with Crippen LogP contribution in [-0.2, 0) is 4.79 Å². The number of thioether (sulfide) groups is 1. The van der Waals surface area contributed by atoms with Gasteiger partial charge in [-0.2, -0.15) is 0 Å². The standard InChI is InChI=1S/C12H8ClN3O2S/c1-6-15-16-11(18-6)9-10(17)14-12(19-9)7-2-4-8(13)5-3-7/h2-5,9H,1H3. The summed E-state index contributed by atoms with van der Waals surface area (Å²) in [7, 11) is 0. The second kappa shape index (κ2) is 4.79. The molecule has 1 aromatic heterocycles. The van der Waals surface area contributed by atoms with Gasteiger partial charge in [0.1, 0.15) is 5.04 Å². The van der Waals surface area contributed by atoms with Gasteiger partial charge in [0.2, 0.25) is 11.8 Å². The van der Waals surface area contributed by atoms with Crippen LogP contribution in [-0.4, -0.2) is 21.1 Å². The summed E-state index contributed by atoms with van der Waals surface area (Å²) in [5.74, 6) is 0.446.